The molecule has 0 saturated carbocycles. The van der Waals surface area contributed by atoms with E-state index in [2.05, 4.69) is 29.9 Å². The van der Waals surface area contributed by atoms with Gasteiger partial charge in [-0.25, -0.2) is 29.9 Å². The van der Waals surface area contributed by atoms with Gasteiger partial charge in [0.2, 0.25) is 0 Å². The molecule has 0 bridgehead atoms. The number of phenolic OH excluding ortho intramolecular Hbond substituents is 6. The number of hydrogen-bond donors (Lipinski definition) is 6. The highest BCUT2D eigenvalue weighted by molar-refractivity contribution is 5.91. The van der Waals surface area contributed by atoms with Crippen LogP contribution in [-0.2, 0) is 0 Å². The topological polar surface area (TPSA) is 276 Å². The molecule has 18 nitrogen and oxygen atoms in total. The fourth-order valence-electron chi connectivity index (χ4n) is 15.8. The van der Waals surface area contributed by atoms with Crippen molar-refractivity contribution in [3.8, 4) is 226 Å². The Kier molecular flexibility index (Phi) is 24.0. The van der Waals surface area contributed by atoms with Crippen molar-refractivity contribution in [3.63, 3.8) is 0 Å². The Bertz CT molecular complexity index is 6800. The molecule has 6 N–H and O–H groups in total. The molecule has 8 aromatic carbocycles. The zero-order chi connectivity index (χ0) is 89.1. The molecular formula is C112H82N12O6. The average molecular weight is 1690 g/mol. The van der Waals surface area contributed by atoms with Gasteiger partial charge in [-0.1, -0.05) is 133 Å². The van der Waals surface area contributed by atoms with Crippen LogP contribution < -0.4 is 0 Å². The highest BCUT2D eigenvalue weighted by Crippen LogP contribution is 2.47. The number of aromatic nitrogens is 12. The minimum atomic E-state index is 0.0967. The Labute approximate surface area is 750 Å². The first-order chi connectivity index (χ1) is 63.6. The number of aryl methyl sites for hydroxylation is 4. The Morgan fingerprint density at radius 3 is 0.462 bits per heavy atom. The first kappa shape index (κ1) is 83.3. The van der Waals surface area contributed by atoms with Gasteiger partial charge < -0.3 is 30.6 Å². The van der Waals surface area contributed by atoms with Crippen LogP contribution in [0.4, 0.5) is 0 Å². The van der Waals surface area contributed by atoms with E-state index in [-0.39, 0.29) is 34.5 Å². The second-order valence-electron chi connectivity index (χ2n) is 31.1. The third kappa shape index (κ3) is 18.1. The van der Waals surface area contributed by atoms with E-state index in [4.69, 9.17) is 29.9 Å². The van der Waals surface area contributed by atoms with Gasteiger partial charge in [0.15, 0.2) is 0 Å². The van der Waals surface area contributed by atoms with Crippen LogP contribution in [0.1, 0.15) is 22.3 Å². The second kappa shape index (κ2) is 37.4. The van der Waals surface area contributed by atoms with E-state index in [1.54, 1.807) is 37.2 Å². The largest absolute Gasteiger partial charge is 0.507 e. The molecule has 0 aliphatic carbocycles. The maximum atomic E-state index is 11.7. The minimum Gasteiger partial charge on any atom is -0.507 e. The molecular weight excluding hydrogens is 1610 g/mol. The van der Waals surface area contributed by atoms with Crippen molar-refractivity contribution >= 4 is 0 Å². The lowest BCUT2D eigenvalue weighted by Crippen LogP contribution is -1.95. The molecule has 0 fully saturated rings. The summed E-state index contributed by atoms with van der Waals surface area (Å²) in [6, 6.07) is 111. The number of benzene rings is 8. The predicted molar refractivity (Wildman–Crippen MR) is 514 cm³/mol. The highest BCUT2D eigenvalue weighted by Gasteiger charge is 2.25. The maximum Gasteiger partial charge on any atom is 0.134 e. The number of aromatic hydroxyl groups is 6. The van der Waals surface area contributed by atoms with Gasteiger partial charge in [-0.3, -0.25) is 29.9 Å². The van der Waals surface area contributed by atoms with Crippen LogP contribution in [0.5, 0.6) is 34.5 Å². The van der Waals surface area contributed by atoms with Crippen LogP contribution in [0.2, 0.25) is 0 Å². The molecule has 0 aliphatic heterocycles. The summed E-state index contributed by atoms with van der Waals surface area (Å²) in [7, 11) is 0. The third-order valence-electron chi connectivity index (χ3n) is 22.0. The fourth-order valence-corrected chi connectivity index (χ4v) is 15.8. The molecule has 0 unspecified atom stereocenters. The number of hydrogen-bond acceptors (Lipinski definition) is 18. The molecule has 0 amide bonds. The van der Waals surface area contributed by atoms with Crippen LogP contribution >= 0.6 is 0 Å². The van der Waals surface area contributed by atoms with E-state index in [0.717, 1.165) is 44.5 Å². The van der Waals surface area contributed by atoms with Crippen LogP contribution in [0, 0.1) is 27.7 Å². The Morgan fingerprint density at radius 1 is 0.138 bits per heavy atom. The Hall–Kier alpha value is -17.6. The lowest BCUT2D eigenvalue weighted by atomic mass is 9.95. The van der Waals surface area contributed by atoms with Crippen molar-refractivity contribution in [1.82, 2.24) is 59.8 Å². The van der Waals surface area contributed by atoms with Gasteiger partial charge in [0.25, 0.3) is 0 Å². The summed E-state index contributed by atoms with van der Waals surface area (Å²) in [5, 5.41) is 68.2. The molecule has 20 rings (SSSR count). The Balaban J connectivity index is 0.000000132. The summed E-state index contributed by atoms with van der Waals surface area (Å²) < 4.78 is 0. The van der Waals surface area contributed by atoms with Gasteiger partial charge in [-0.05, 0) is 291 Å². The number of rotatable bonds is 17. The van der Waals surface area contributed by atoms with E-state index in [0.29, 0.717) is 169 Å². The maximum absolute atomic E-state index is 11.7. The van der Waals surface area contributed by atoms with Crippen molar-refractivity contribution in [2.45, 2.75) is 27.7 Å². The molecule has 626 valence electrons. The van der Waals surface area contributed by atoms with E-state index in [1.165, 1.54) is 0 Å². The van der Waals surface area contributed by atoms with E-state index in [1.807, 2.05) is 380 Å². The summed E-state index contributed by atoms with van der Waals surface area (Å²) in [4.78, 5) is 56.2. The van der Waals surface area contributed by atoms with Gasteiger partial charge in [-0.15, -0.1) is 0 Å². The summed E-state index contributed by atoms with van der Waals surface area (Å²) in [6.45, 7) is 7.94. The molecule has 130 heavy (non-hydrogen) atoms. The van der Waals surface area contributed by atoms with Crippen LogP contribution in [0.3, 0.4) is 0 Å². The van der Waals surface area contributed by atoms with Gasteiger partial charge in [0.05, 0.1) is 102 Å². The normalized spacial score (nSPS) is 11.0. The standard InChI is InChI=1S/C44H30N4O2.2C34H26N4O2/c49-43-33(37-17-7-9-23-45-37)25-31(29-13-3-1-4-14-29)27-35(43)39-19-11-21-41(47-39)42-22-12-20-40(48-42)36-28-32(30-15-5-2-6-16-30)26-34(44(36)50)38-18-8-10-24-46-38;2*1-21-17-23(27-9-3-5-15-35-27)33(39)25(19-21)29-11-7-13-31(37-29)32-14-8-12-30(38-32)26-20-22(2)18-24(34(26)40)28-10-4-6-16-36-28/h1-28,49-50H;2*3-20,39-40H,1-2H3. The van der Waals surface area contributed by atoms with Crippen molar-refractivity contribution < 1.29 is 30.6 Å². The first-order valence-corrected chi connectivity index (χ1v) is 42.1. The van der Waals surface area contributed by atoms with Crippen molar-refractivity contribution in [3.05, 3.63) is 411 Å². The van der Waals surface area contributed by atoms with Gasteiger partial charge in [0, 0.05) is 104 Å². The van der Waals surface area contributed by atoms with E-state index < -0.39 is 0 Å². The zero-order valence-corrected chi connectivity index (χ0v) is 71.0. The third-order valence-corrected chi connectivity index (χ3v) is 22.0. The zero-order valence-electron chi connectivity index (χ0n) is 71.0. The molecule has 0 spiro atoms. The quantitative estimate of drug-likeness (QED) is 0.0494. The second-order valence-corrected chi connectivity index (χ2v) is 31.1. The number of nitrogens with zero attached hydrogens (tertiary/aromatic N) is 12. The first-order valence-electron chi connectivity index (χ1n) is 42.1. The van der Waals surface area contributed by atoms with Crippen molar-refractivity contribution in [2.75, 3.05) is 0 Å². The summed E-state index contributed by atoms with van der Waals surface area (Å²) in [6.07, 6.45) is 10.3. The molecule has 12 heterocycles. The lowest BCUT2D eigenvalue weighted by molar-refractivity contribution is 0.478. The van der Waals surface area contributed by atoms with Crippen molar-refractivity contribution in [1.29, 1.82) is 0 Å². The van der Waals surface area contributed by atoms with Crippen LogP contribution in [-0.4, -0.2) is 90.4 Å². The summed E-state index contributed by atoms with van der Waals surface area (Å²) in [5.74, 6) is 0.702. The Morgan fingerprint density at radius 2 is 0.285 bits per heavy atom. The molecule has 20 aromatic rings. The SMILES string of the molecule is Cc1cc(-c2ccccn2)c(O)c(-c2cccc(-c3cccc(-c4cc(C)cc(-c5ccccn5)c4O)n3)n2)c1.Cc1cc(-c2ccccn2)c(O)c(-c2cccc(-c3cccc(-c4cc(C)cc(-c5ccccn5)c4O)n3)n2)c1.Oc1c(-c2ccccn2)cc(-c2ccccc2)cc1-c1cccc(-c2cccc(-c3cc(-c4ccccc4)cc(-c4ccccn4)c3O)n2)n1. The molecule has 0 atom stereocenters. The smallest absolute Gasteiger partial charge is 0.134 e. The van der Waals surface area contributed by atoms with Crippen LogP contribution in [0.15, 0.2) is 389 Å². The highest BCUT2D eigenvalue weighted by atomic mass is 16.3. The lowest BCUT2D eigenvalue weighted by Gasteiger charge is -2.15. The number of phenols is 6. The molecule has 0 saturated heterocycles. The molecule has 0 aliphatic rings. The molecule has 0 radical (unpaired) electrons. The van der Waals surface area contributed by atoms with Gasteiger partial charge in [-0.2, -0.15) is 0 Å². The van der Waals surface area contributed by atoms with Gasteiger partial charge >= 0.3 is 0 Å². The minimum absolute atomic E-state index is 0.0967. The monoisotopic (exact) mass is 1690 g/mol. The van der Waals surface area contributed by atoms with Crippen molar-refractivity contribution in [2.24, 2.45) is 0 Å². The predicted octanol–water partition coefficient (Wildman–Crippen LogP) is 25.6. The van der Waals surface area contributed by atoms with E-state index in [9.17, 15) is 30.6 Å². The van der Waals surface area contributed by atoms with Crippen LogP contribution in [0.25, 0.3) is 192 Å². The summed E-state index contributed by atoms with van der Waals surface area (Å²) in [5.41, 5.74) is 27.0. The molecule has 18 heteroatoms. The average Bonchev–Trinajstić information content (AvgIpc) is 0.877. The molecule has 12 aromatic heterocycles. The number of pyridine rings is 12. The van der Waals surface area contributed by atoms with Gasteiger partial charge in [0.1, 0.15) is 34.5 Å². The summed E-state index contributed by atoms with van der Waals surface area (Å²) >= 11 is 0. The fraction of sp³-hybridized carbons (Fsp3) is 0.0357. The van der Waals surface area contributed by atoms with E-state index >= 15 is 0 Å².